The largest absolute Gasteiger partial charge is 0.377 e. The number of morpholine rings is 1. The molecule has 3 rings (SSSR count). The van der Waals surface area contributed by atoms with Crippen LogP contribution >= 0.6 is 11.3 Å². The Morgan fingerprint density at radius 1 is 1.48 bits per heavy atom. The zero-order chi connectivity index (χ0) is 15.0. The Labute approximate surface area is 127 Å². The van der Waals surface area contributed by atoms with Gasteiger partial charge in [-0.15, -0.1) is 11.3 Å². The van der Waals surface area contributed by atoms with Crippen molar-refractivity contribution in [3.8, 4) is 0 Å². The molecule has 1 aliphatic heterocycles. The molecule has 1 N–H and O–H groups in total. The SMILES string of the molecule is Cc1cnc([C@H]2COCCN2C(=O)c2sc(C)nc2C)[nH]1. The Bertz CT molecular complexity index is 664. The number of H-pyrrole nitrogens is 1. The van der Waals surface area contributed by atoms with Crippen LogP contribution in [0.15, 0.2) is 6.20 Å². The number of rotatable bonds is 2. The predicted molar refractivity (Wildman–Crippen MR) is 79.5 cm³/mol. The van der Waals surface area contributed by atoms with Crippen LogP contribution in [0.1, 0.15) is 37.9 Å². The zero-order valence-corrected chi connectivity index (χ0v) is 13.2. The van der Waals surface area contributed by atoms with Gasteiger partial charge in [0, 0.05) is 18.4 Å². The predicted octanol–water partition coefficient (Wildman–Crippen LogP) is 2.01. The van der Waals surface area contributed by atoms with Gasteiger partial charge in [-0.1, -0.05) is 0 Å². The molecule has 1 atom stereocenters. The molecule has 3 heterocycles. The van der Waals surface area contributed by atoms with Crippen molar-refractivity contribution in [1.29, 1.82) is 0 Å². The summed E-state index contributed by atoms with van der Waals surface area (Å²) in [7, 11) is 0. The van der Waals surface area contributed by atoms with Crippen molar-refractivity contribution in [2.45, 2.75) is 26.8 Å². The second-order valence-electron chi connectivity index (χ2n) is 5.19. The number of nitrogens with zero attached hydrogens (tertiary/aromatic N) is 3. The van der Waals surface area contributed by atoms with E-state index < -0.39 is 0 Å². The molecule has 0 saturated carbocycles. The van der Waals surface area contributed by atoms with E-state index in [1.807, 2.05) is 25.7 Å². The fourth-order valence-electron chi connectivity index (χ4n) is 2.54. The first-order chi connectivity index (χ1) is 10.1. The van der Waals surface area contributed by atoms with Crippen LogP contribution in [-0.2, 0) is 4.74 Å². The summed E-state index contributed by atoms with van der Waals surface area (Å²) >= 11 is 1.44. The number of imidazole rings is 1. The number of aromatic nitrogens is 3. The molecule has 0 bridgehead atoms. The highest BCUT2D eigenvalue weighted by Crippen LogP contribution is 2.27. The van der Waals surface area contributed by atoms with E-state index in [0.717, 1.165) is 22.2 Å². The molecule has 1 saturated heterocycles. The molecular formula is C14H18N4O2S. The van der Waals surface area contributed by atoms with Crippen LogP contribution in [-0.4, -0.2) is 45.5 Å². The molecule has 0 aliphatic carbocycles. The molecule has 1 fully saturated rings. The third-order valence-electron chi connectivity index (χ3n) is 3.53. The van der Waals surface area contributed by atoms with Gasteiger partial charge in [-0.3, -0.25) is 4.79 Å². The van der Waals surface area contributed by atoms with Gasteiger partial charge in [0.05, 0.1) is 23.9 Å². The second kappa shape index (κ2) is 5.57. The van der Waals surface area contributed by atoms with Gasteiger partial charge in [0.15, 0.2) is 0 Å². The molecule has 2 aromatic rings. The molecule has 1 amide bonds. The van der Waals surface area contributed by atoms with Gasteiger partial charge in [-0.05, 0) is 20.8 Å². The van der Waals surface area contributed by atoms with Crippen LogP contribution in [0.5, 0.6) is 0 Å². The average molecular weight is 306 g/mol. The number of thiazole rings is 1. The summed E-state index contributed by atoms with van der Waals surface area (Å²) < 4.78 is 5.53. The first-order valence-electron chi connectivity index (χ1n) is 6.90. The lowest BCUT2D eigenvalue weighted by Gasteiger charge is -2.34. The molecule has 112 valence electrons. The quantitative estimate of drug-likeness (QED) is 0.921. The Kier molecular flexibility index (Phi) is 3.77. The van der Waals surface area contributed by atoms with Gasteiger partial charge in [0.25, 0.3) is 5.91 Å². The van der Waals surface area contributed by atoms with E-state index in [-0.39, 0.29) is 11.9 Å². The number of aryl methyl sites for hydroxylation is 3. The number of amides is 1. The van der Waals surface area contributed by atoms with E-state index in [9.17, 15) is 4.79 Å². The first-order valence-corrected chi connectivity index (χ1v) is 7.72. The van der Waals surface area contributed by atoms with Crippen molar-refractivity contribution >= 4 is 17.2 Å². The monoisotopic (exact) mass is 306 g/mol. The molecular weight excluding hydrogens is 288 g/mol. The lowest BCUT2D eigenvalue weighted by Crippen LogP contribution is -2.43. The third kappa shape index (κ3) is 2.71. The number of carbonyl (C=O) groups is 1. The summed E-state index contributed by atoms with van der Waals surface area (Å²) in [6.45, 7) is 7.33. The topological polar surface area (TPSA) is 71.1 Å². The van der Waals surface area contributed by atoms with E-state index >= 15 is 0 Å². The molecule has 6 nitrogen and oxygen atoms in total. The summed E-state index contributed by atoms with van der Waals surface area (Å²) in [5.74, 6) is 0.792. The Hall–Kier alpha value is -1.73. The maximum absolute atomic E-state index is 12.8. The number of hydrogen-bond acceptors (Lipinski definition) is 5. The average Bonchev–Trinajstić information content (AvgIpc) is 3.04. The smallest absolute Gasteiger partial charge is 0.266 e. The molecule has 0 spiro atoms. The van der Waals surface area contributed by atoms with Gasteiger partial charge in [-0.2, -0.15) is 0 Å². The summed E-state index contributed by atoms with van der Waals surface area (Å²) in [4.78, 5) is 27.3. The summed E-state index contributed by atoms with van der Waals surface area (Å²) in [5, 5.41) is 0.912. The minimum absolute atomic E-state index is 0.0143. The van der Waals surface area contributed by atoms with Crippen molar-refractivity contribution in [2.75, 3.05) is 19.8 Å². The molecule has 0 radical (unpaired) electrons. The van der Waals surface area contributed by atoms with Crippen molar-refractivity contribution in [1.82, 2.24) is 19.9 Å². The number of hydrogen-bond donors (Lipinski definition) is 1. The van der Waals surface area contributed by atoms with E-state index in [1.165, 1.54) is 11.3 Å². The molecule has 2 aromatic heterocycles. The van der Waals surface area contributed by atoms with Gasteiger partial charge in [-0.25, -0.2) is 9.97 Å². The highest BCUT2D eigenvalue weighted by Gasteiger charge is 2.32. The van der Waals surface area contributed by atoms with Crippen LogP contribution in [0.4, 0.5) is 0 Å². The lowest BCUT2D eigenvalue weighted by molar-refractivity contribution is -0.00480. The summed E-state index contributed by atoms with van der Waals surface area (Å²) in [6.07, 6.45) is 1.77. The Balaban J connectivity index is 1.90. The normalized spacial score (nSPS) is 19.0. The van der Waals surface area contributed by atoms with Gasteiger partial charge >= 0.3 is 0 Å². The number of carbonyl (C=O) groups excluding carboxylic acids is 1. The lowest BCUT2D eigenvalue weighted by atomic mass is 10.2. The van der Waals surface area contributed by atoms with Gasteiger partial charge in [0.1, 0.15) is 16.7 Å². The maximum atomic E-state index is 12.8. The number of ether oxygens (including phenoxy) is 1. The van der Waals surface area contributed by atoms with Crippen molar-refractivity contribution < 1.29 is 9.53 Å². The van der Waals surface area contributed by atoms with Crippen LogP contribution in [0.3, 0.4) is 0 Å². The van der Waals surface area contributed by atoms with Gasteiger partial charge in [0.2, 0.25) is 0 Å². The first kappa shape index (κ1) is 14.2. The van der Waals surface area contributed by atoms with E-state index in [4.69, 9.17) is 4.74 Å². The third-order valence-corrected chi connectivity index (χ3v) is 4.59. The van der Waals surface area contributed by atoms with E-state index in [0.29, 0.717) is 24.6 Å². The van der Waals surface area contributed by atoms with Crippen molar-refractivity contribution in [2.24, 2.45) is 0 Å². The Morgan fingerprint density at radius 3 is 2.90 bits per heavy atom. The molecule has 1 aliphatic rings. The number of nitrogens with one attached hydrogen (secondary N) is 1. The minimum atomic E-state index is -0.165. The van der Waals surface area contributed by atoms with Crippen LogP contribution in [0.2, 0.25) is 0 Å². The fourth-order valence-corrected chi connectivity index (χ4v) is 3.41. The van der Waals surface area contributed by atoms with Crippen LogP contribution in [0.25, 0.3) is 0 Å². The maximum Gasteiger partial charge on any atom is 0.266 e. The molecule has 0 aromatic carbocycles. The molecule has 7 heteroatoms. The molecule has 0 unspecified atom stereocenters. The highest BCUT2D eigenvalue weighted by molar-refractivity contribution is 7.13. The minimum Gasteiger partial charge on any atom is -0.377 e. The fraction of sp³-hybridized carbons (Fsp3) is 0.500. The second-order valence-corrected chi connectivity index (χ2v) is 6.39. The Morgan fingerprint density at radius 2 is 2.29 bits per heavy atom. The van der Waals surface area contributed by atoms with Crippen molar-refractivity contribution in [3.63, 3.8) is 0 Å². The standard InChI is InChI=1S/C14H18N4O2S/c1-8-6-15-13(16-8)11-7-20-5-4-18(11)14(19)12-9(2)17-10(3)21-12/h6,11H,4-5,7H2,1-3H3,(H,15,16)/t11-/m1/s1. The summed E-state index contributed by atoms with van der Waals surface area (Å²) in [6, 6.07) is -0.165. The van der Waals surface area contributed by atoms with Crippen LogP contribution in [0, 0.1) is 20.8 Å². The number of aromatic amines is 1. The van der Waals surface area contributed by atoms with Gasteiger partial charge < -0.3 is 14.6 Å². The van der Waals surface area contributed by atoms with E-state index in [1.54, 1.807) is 6.20 Å². The zero-order valence-electron chi connectivity index (χ0n) is 12.3. The van der Waals surface area contributed by atoms with E-state index in [2.05, 4.69) is 15.0 Å². The highest BCUT2D eigenvalue weighted by atomic mass is 32.1. The van der Waals surface area contributed by atoms with Crippen molar-refractivity contribution in [3.05, 3.63) is 33.3 Å². The molecule has 21 heavy (non-hydrogen) atoms. The summed E-state index contributed by atoms with van der Waals surface area (Å²) in [5.41, 5.74) is 1.77. The van der Waals surface area contributed by atoms with Crippen LogP contribution < -0.4 is 0 Å².